The molecule has 5 heteroatoms. The van der Waals surface area contributed by atoms with Crippen molar-refractivity contribution in [3.63, 3.8) is 0 Å². The van der Waals surface area contributed by atoms with E-state index in [1.54, 1.807) is 12.1 Å². The molecule has 3 N–H and O–H groups in total. The second kappa shape index (κ2) is 5.67. The molecule has 4 nitrogen and oxygen atoms in total. The smallest absolute Gasteiger partial charge is 0.240 e. The van der Waals surface area contributed by atoms with Gasteiger partial charge in [0.2, 0.25) is 5.91 Å². The Balaban J connectivity index is 2.00. The fourth-order valence-corrected chi connectivity index (χ4v) is 2.14. The minimum Gasteiger partial charge on any atom is -0.381 e. The minimum atomic E-state index is -0.855. The van der Waals surface area contributed by atoms with Crippen LogP contribution in [0.2, 0.25) is 0 Å². The standard InChI is InChI=1S/C14H19FN2O2/c1-10(11-2-4-12(15)5-3-11)17-13(18)14(16)6-8-19-9-7-14/h2-5,10H,6-9,16H2,1H3,(H,17,18)/t10-/m1/s1. The van der Waals surface area contributed by atoms with E-state index in [2.05, 4.69) is 5.32 Å². The van der Waals surface area contributed by atoms with Crippen molar-refractivity contribution in [2.45, 2.75) is 31.3 Å². The summed E-state index contributed by atoms with van der Waals surface area (Å²) in [5.74, 6) is -0.463. The molecule has 1 aliphatic heterocycles. The van der Waals surface area contributed by atoms with Crippen LogP contribution >= 0.6 is 0 Å². The Morgan fingerprint density at radius 1 is 1.37 bits per heavy atom. The Bertz CT molecular complexity index is 441. The van der Waals surface area contributed by atoms with Crippen molar-refractivity contribution >= 4 is 5.91 Å². The van der Waals surface area contributed by atoms with Crippen molar-refractivity contribution < 1.29 is 13.9 Å². The second-order valence-electron chi connectivity index (χ2n) is 5.02. The van der Waals surface area contributed by atoms with Gasteiger partial charge in [-0.15, -0.1) is 0 Å². The summed E-state index contributed by atoms with van der Waals surface area (Å²) >= 11 is 0. The van der Waals surface area contributed by atoms with Gasteiger partial charge in [-0.05, 0) is 37.5 Å². The molecule has 19 heavy (non-hydrogen) atoms. The van der Waals surface area contributed by atoms with Gasteiger partial charge in [-0.25, -0.2) is 4.39 Å². The molecule has 1 aromatic carbocycles. The van der Waals surface area contributed by atoms with Crippen LogP contribution in [0.1, 0.15) is 31.4 Å². The van der Waals surface area contributed by atoms with Gasteiger partial charge in [-0.3, -0.25) is 4.79 Å². The van der Waals surface area contributed by atoms with E-state index in [1.165, 1.54) is 12.1 Å². The van der Waals surface area contributed by atoms with E-state index in [0.29, 0.717) is 26.1 Å². The quantitative estimate of drug-likeness (QED) is 0.871. The fraction of sp³-hybridized carbons (Fsp3) is 0.500. The van der Waals surface area contributed by atoms with E-state index in [0.717, 1.165) is 5.56 Å². The molecule has 0 bridgehead atoms. The number of halogens is 1. The van der Waals surface area contributed by atoms with Gasteiger partial charge in [-0.1, -0.05) is 12.1 Å². The first-order valence-corrected chi connectivity index (χ1v) is 6.44. The molecule has 1 aliphatic rings. The summed E-state index contributed by atoms with van der Waals surface area (Å²) in [5, 5.41) is 2.88. The van der Waals surface area contributed by atoms with E-state index < -0.39 is 5.54 Å². The number of amides is 1. The summed E-state index contributed by atoms with van der Waals surface area (Å²) < 4.78 is 18.1. The Hall–Kier alpha value is -1.46. The summed E-state index contributed by atoms with van der Waals surface area (Å²) in [7, 11) is 0. The maximum atomic E-state index is 12.8. The first-order chi connectivity index (χ1) is 9.01. The highest BCUT2D eigenvalue weighted by Gasteiger charge is 2.36. The fourth-order valence-electron chi connectivity index (χ4n) is 2.14. The zero-order valence-electron chi connectivity index (χ0n) is 11.0. The SMILES string of the molecule is C[C@@H](NC(=O)C1(N)CCOCC1)c1ccc(F)cc1. The van der Waals surface area contributed by atoms with Gasteiger partial charge in [0, 0.05) is 13.2 Å². The summed E-state index contributed by atoms with van der Waals surface area (Å²) in [5.41, 5.74) is 6.10. The van der Waals surface area contributed by atoms with Gasteiger partial charge in [0.15, 0.2) is 0 Å². The van der Waals surface area contributed by atoms with Crippen LogP contribution < -0.4 is 11.1 Å². The number of carbonyl (C=O) groups is 1. The van der Waals surface area contributed by atoms with Crippen molar-refractivity contribution in [3.05, 3.63) is 35.6 Å². The number of carbonyl (C=O) groups excluding carboxylic acids is 1. The molecule has 0 unspecified atom stereocenters. The van der Waals surface area contributed by atoms with E-state index >= 15 is 0 Å². The molecular formula is C14H19FN2O2. The van der Waals surface area contributed by atoms with E-state index in [4.69, 9.17) is 10.5 Å². The third-order valence-electron chi connectivity index (χ3n) is 3.55. The number of nitrogens with one attached hydrogen (secondary N) is 1. The lowest BCUT2D eigenvalue weighted by atomic mass is 9.90. The Kier molecular flexibility index (Phi) is 4.17. The van der Waals surface area contributed by atoms with Gasteiger partial charge in [-0.2, -0.15) is 0 Å². The van der Waals surface area contributed by atoms with Crippen LogP contribution in [-0.2, 0) is 9.53 Å². The average molecular weight is 266 g/mol. The van der Waals surface area contributed by atoms with E-state index in [-0.39, 0.29) is 17.8 Å². The molecule has 0 aliphatic carbocycles. The van der Waals surface area contributed by atoms with Crippen LogP contribution in [0, 0.1) is 5.82 Å². The highest BCUT2D eigenvalue weighted by molar-refractivity contribution is 5.86. The van der Waals surface area contributed by atoms with Crippen molar-refractivity contribution in [1.29, 1.82) is 0 Å². The Morgan fingerprint density at radius 2 is 1.95 bits per heavy atom. The van der Waals surface area contributed by atoms with E-state index in [1.807, 2.05) is 6.92 Å². The molecule has 1 aromatic rings. The molecule has 1 atom stereocenters. The predicted octanol–water partition coefficient (Wildman–Crippen LogP) is 1.51. The van der Waals surface area contributed by atoms with Crippen LogP contribution in [0.15, 0.2) is 24.3 Å². The van der Waals surface area contributed by atoms with Crippen molar-refractivity contribution in [3.8, 4) is 0 Å². The molecule has 0 spiro atoms. The van der Waals surface area contributed by atoms with Crippen LogP contribution in [0.3, 0.4) is 0 Å². The van der Waals surface area contributed by atoms with Crippen LogP contribution in [0.5, 0.6) is 0 Å². The number of nitrogens with two attached hydrogens (primary N) is 1. The van der Waals surface area contributed by atoms with Crippen molar-refractivity contribution in [2.24, 2.45) is 5.73 Å². The van der Waals surface area contributed by atoms with Gasteiger partial charge >= 0.3 is 0 Å². The topological polar surface area (TPSA) is 64.4 Å². The first kappa shape index (κ1) is 14.0. The molecule has 1 heterocycles. The first-order valence-electron chi connectivity index (χ1n) is 6.44. The zero-order valence-corrected chi connectivity index (χ0v) is 11.0. The molecule has 2 rings (SSSR count). The van der Waals surface area contributed by atoms with Gasteiger partial charge in [0.25, 0.3) is 0 Å². The predicted molar refractivity (Wildman–Crippen MR) is 69.9 cm³/mol. The highest BCUT2D eigenvalue weighted by atomic mass is 19.1. The summed E-state index contributed by atoms with van der Waals surface area (Å²) in [6.07, 6.45) is 1.05. The molecule has 104 valence electrons. The normalized spacial score (nSPS) is 19.7. The van der Waals surface area contributed by atoms with Gasteiger partial charge < -0.3 is 15.8 Å². The Labute approximate surface area is 112 Å². The lowest BCUT2D eigenvalue weighted by molar-refractivity contribution is -0.130. The number of hydrogen-bond acceptors (Lipinski definition) is 3. The zero-order chi connectivity index (χ0) is 13.9. The molecular weight excluding hydrogens is 247 g/mol. The number of rotatable bonds is 3. The van der Waals surface area contributed by atoms with E-state index in [9.17, 15) is 9.18 Å². The molecule has 0 saturated carbocycles. The lowest BCUT2D eigenvalue weighted by Crippen LogP contribution is -2.57. The monoisotopic (exact) mass is 266 g/mol. The maximum Gasteiger partial charge on any atom is 0.240 e. The third-order valence-corrected chi connectivity index (χ3v) is 3.55. The van der Waals surface area contributed by atoms with Crippen LogP contribution in [-0.4, -0.2) is 24.7 Å². The second-order valence-corrected chi connectivity index (χ2v) is 5.02. The summed E-state index contributed by atoms with van der Waals surface area (Å²) in [6.45, 7) is 2.87. The molecule has 1 fully saturated rings. The van der Waals surface area contributed by atoms with Gasteiger partial charge in [0.05, 0.1) is 11.6 Å². The molecule has 1 saturated heterocycles. The van der Waals surface area contributed by atoms with Crippen LogP contribution in [0.25, 0.3) is 0 Å². The number of hydrogen-bond donors (Lipinski definition) is 2. The lowest BCUT2D eigenvalue weighted by Gasteiger charge is -2.33. The van der Waals surface area contributed by atoms with Crippen molar-refractivity contribution in [1.82, 2.24) is 5.32 Å². The third kappa shape index (κ3) is 3.30. The molecule has 1 amide bonds. The summed E-state index contributed by atoms with van der Waals surface area (Å²) in [6, 6.07) is 5.88. The van der Waals surface area contributed by atoms with Crippen LogP contribution in [0.4, 0.5) is 4.39 Å². The van der Waals surface area contributed by atoms with Gasteiger partial charge in [0.1, 0.15) is 5.82 Å². The maximum absolute atomic E-state index is 12.8. The summed E-state index contributed by atoms with van der Waals surface area (Å²) in [4.78, 5) is 12.2. The highest BCUT2D eigenvalue weighted by Crippen LogP contribution is 2.20. The molecule has 0 radical (unpaired) electrons. The van der Waals surface area contributed by atoms with Crippen molar-refractivity contribution in [2.75, 3.05) is 13.2 Å². The number of ether oxygens (including phenoxy) is 1. The Morgan fingerprint density at radius 3 is 2.53 bits per heavy atom. The largest absolute Gasteiger partial charge is 0.381 e. The average Bonchev–Trinajstić information content (AvgIpc) is 2.40. The molecule has 0 aromatic heterocycles. The number of benzene rings is 1. The minimum absolute atomic E-state index is 0.173.